The Morgan fingerprint density at radius 2 is 1.72 bits per heavy atom. The highest BCUT2D eigenvalue weighted by molar-refractivity contribution is 7.94. The van der Waals surface area contributed by atoms with Gasteiger partial charge in [-0.2, -0.15) is 0 Å². The van der Waals surface area contributed by atoms with Crippen molar-refractivity contribution in [3.8, 4) is 10.6 Å². The fourth-order valence-electron chi connectivity index (χ4n) is 3.28. The van der Waals surface area contributed by atoms with Crippen molar-refractivity contribution < 1.29 is 21.3 Å². The van der Waals surface area contributed by atoms with Gasteiger partial charge in [0.1, 0.15) is 4.21 Å². The summed E-state index contributed by atoms with van der Waals surface area (Å²) in [5.74, 6) is 1.60. The van der Waals surface area contributed by atoms with Crippen LogP contribution in [-0.2, 0) is 20.0 Å². The average Bonchev–Trinajstić information content (AvgIpc) is 3.40. The largest absolute Gasteiger partial charge is 0.440 e. The van der Waals surface area contributed by atoms with Gasteiger partial charge in [0.2, 0.25) is 10.0 Å². The molecule has 0 aliphatic heterocycles. The van der Waals surface area contributed by atoms with Crippen molar-refractivity contribution in [3.05, 3.63) is 48.5 Å². The van der Waals surface area contributed by atoms with Crippen molar-refractivity contribution in [1.29, 1.82) is 0 Å². The molecule has 0 saturated heterocycles. The number of hydrogen-bond donors (Lipinski definition) is 2. The summed E-state index contributed by atoms with van der Waals surface area (Å²) in [5, 5.41) is 5.05. The summed E-state index contributed by atoms with van der Waals surface area (Å²) in [6.07, 6.45) is 6.12. The van der Waals surface area contributed by atoms with Crippen LogP contribution < -0.4 is 9.86 Å². The van der Waals surface area contributed by atoms with Crippen molar-refractivity contribution >= 4 is 37.1 Å². The topological polar surface area (TPSA) is 132 Å². The van der Waals surface area contributed by atoms with Crippen molar-refractivity contribution in [2.45, 2.75) is 40.7 Å². The number of primary sulfonamides is 1. The number of aromatic nitrogens is 1. The van der Waals surface area contributed by atoms with Crippen LogP contribution in [0.4, 0.5) is 5.69 Å². The number of oxazole rings is 1. The molecule has 2 heterocycles. The van der Waals surface area contributed by atoms with Crippen LogP contribution in [0.25, 0.3) is 10.6 Å². The summed E-state index contributed by atoms with van der Waals surface area (Å²) in [5.41, 5.74) is 0.232. The van der Waals surface area contributed by atoms with Crippen LogP contribution in [-0.4, -0.2) is 21.8 Å². The molecule has 2 aromatic heterocycles. The normalized spacial score (nSPS) is 15.6. The van der Waals surface area contributed by atoms with Gasteiger partial charge in [-0.05, 0) is 49.2 Å². The van der Waals surface area contributed by atoms with Gasteiger partial charge in [-0.3, -0.25) is 4.72 Å². The van der Waals surface area contributed by atoms with Gasteiger partial charge in [0.25, 0.3) is 10.0 Å². The van der Waals surface area contributed by atoms with Crippen molar-refractivity contribution in [2.24, 2.45) is 5.14 Å². The molecule has 0 radical (unpaired) electrons. The van der Waals surface area contributed by atoms with E-state index in [0.29, 0.717) is 22.4 Å². The maximum atomic E-state index is 12.7. The molecule has 0 atom stereocenters. The number of sulfonamides is 2. The SMILES string of the molecule is NS(=O)(=O)c1ccc(NS(=O)(=O)c2ccc(-c3cnc(C4CCCC4)o3)s2)cc1. The van der Waals surface area contributed by atoms with E-state index in [-0.39, 0.29) is 14.8 Å². The van der Waals surface area contributed by atoms with E-state index in [1.54, 1.807) is 12.3 Å². The Morgan fingerprint density at radius 1 is 1.03 bits per heavy atom. The second-order valence-corrected chi connectivity index (χ2v) is 11.4. The molecule has 0 unspecified atom stereocenters. The number of nitrogens with two attached hydrogens (primary N) is 1. The molecule has 1 saturated carbocycles. The van der Waals surface area contributed by atoms with Crippen LogP contribution in [0.3, 0.4) is 0 Å². The van der Waals surface area contributed by atoms with E-state index in [0.717, 1.165) is 24.2 Å². The summed E-state index contributed by atoms with van der Waals surface area (Å²) in [6, 6.07) is 8.35. The lowest BCUT2D eigenvalue weighted by Crippen LogP contribution is -2.13. The maximum Gasteiger partial charge on any atom is 0.271 e. The molecule has 11 heteroatoms. The van der Waals surface area contributed by atoms with Crippen molar-refractivity contribution in [1.82, 2.24) is 4.98 Å². The quantitative estimate of drug-likeness (QED) is 0.587. The van der Waals surface area contributed by atoms with Gasteiger partial charge >= 0.3 is 0 Å². The molecule has 0 spiro atoms. The monoisotopic (exact) mass is 453 g/mol. The lowest BCUT2D eigenvalue weighted by Gasteiger charge is -2.06. The smallest absolute Gasteiger partial charge is 0.271 e. The maximum absolute atomic E-state index is 12.7. The third-order valence-electron chi connectivity index (χ3n) is 4.75. The van der Waals surface area contributed by atoms with Crippen LogP contribution >= 0.6 is 11.3 Å². The molecule has 29 heavy (non-hydrogen) atoms. The lowest BCUT2D eigenvalue weighted by molar-refractivity contribution is 0.458. The highest BCUT2D eigenvalue weighted by Crippen LogP contribution is 2.37. The predicted octanol–water partition coefficient (Wildman–Crippen LogP) is 3.51. The van der Waals surface area contributed by atoms with Gasteiger partial charge in [0.15, 0.2) is 11.7 Å². The Hall–Kier alpha value is -2.21. The van der Waals surface area contributed by atoms with Gasteiger partial charge in [-0.1, -0.05) is 12.8 Å². The fourth-order valence-corrected chi connectivity index (χ4v) is 6.10. The molecule has 0 bridgehead atoms. The summed E-state index contributed by atoms with van der Waals surface area (Å²) in [6.45, 7) is 0. The minimum atomic E-state index is -3.84. The molecule has 1 aromatic carbocycles. The molecule has 154 valence electrons. The molecule has 1 fully saturated rings. The minimum absolute atomic E-state index is 0.0951. The predicted molar refractivity (Wildman–Crippen MR) is 110 cm³/mol. The Balaban J connectivity index is 1.52. The first-order chi connectivity index (χ1) is 13.7. The summed E-state index contributed by atoms with van der Waals surface area (Å²) in [7, 11) is -7.67. The second-order valence-electron chi connectivity index (χ2n) is 6.84. The summed E-state index contributed by atoms with van der Waals surface area (Å²) < 4.78 is 56.3. The zero-order valence-electron chi connectivity index (χ0n) is 15.2. The fraction of sp³-hybridized carbons (Fsp3) is 0.278. The first kappa shape index (κ1) is 20.1. The molecular weight excluding hydrogens is 434 g/mol. The number of hydrogen-bond acceptors (Lipinski definition) is 7. The van der Waals surface area contributed by atoms with E-state index >= 15 is 0 Å². The van der Waals surface area contributed by atoms with Crippen molar-refractivity contribution in [2.75, 3.05) is 4.72 Å². The third kappa shape index (κ3) is 4.37. The van der Waals surface area contributed by atoms with Crippen LogP contribution in [0.2, 0.25) is 0 Å². The van der Waals surface area contributed by atoms with Crippen LogP contribution in [0.15, 0.2) is 56.1 Å². The zero-order chi connectivity index (χ0) is 20.6. The standard InChI is InChI=1S/C18H19N3O5S3/c19-28(22,23)14-7-5-13(6-8-14)21-29(24,25)17-10-9-16(27-17)15-11-20-18(26-15)12-3-1-2-4-12/h5-12,21H,1-4H2,(H2,19,22,23). The Labute approximate surface area is 172 Å². The van der Waals surface area contributed by atoms with Gasteiger partial charge in [-0.15, -0.1) is 11.3 Å². The molecular formula is C18H19N3O5S3. The number of thiophene rings is 1. The molecule has 8 nitrogen and oxygen atoms in total. The highest BCUT2D eigenvalue weighted by atomic mass is 32.2. The van der Waals surface area contributed by atoms with Crippen LogP contribution in [0.5, 0.6) is 0 Å². The number of rotatable bonds is 6. The molecule has 3 aromatic rings. The van der Waals surface area contributed by atoms with E-state index in [1.807, 2.05) is 0 Å². The van der Waals surface area contributed by atoms with E-state index in [2.05, 4.69) is 9.71 Å². The van der Waals surface area contributed by atoms with E-state index < -0.39 is 20.0 Å². The summed E-state index contributed by atoms with van der Waals surface area (Å²) >= 11 is 1.08. The molecule has 0 amide bonds. The molecule has 4 rings (SSSR count). The Morgan fingerprint density at radius 3 is 2.38 bits per heavy atom. The Kier molecular flexibility index (Phi) is 5.23. The summed E-state index contributed by atoms with van der Waals surface area (Å²) in [4.78, 5) is 4.94. The van der Waals surface area contributed by atoms with Gasteiger partial charge in [0.05, 0.1) is 16.0 Å². The second kappa shape index (κ2) is 7.56. The third-order valence-corrected chi connectivity index (χ3v) is 8.65. The van der Waals surface area contributed by atoms with E-state index in [9.17, 15) is 16.8 Å². The van der Waals surface area contributed by atoms with Gasteiger partial charge < -0.3 is 4.42 Å². The van der Waals surface area contributed by atoms with E-state index in [1.165, 1.54) is 43.2 Å². The number of anilines is 1. The van der Waals surface area contributed by atoms with E-state index in [4.69, 9.17) is 9.56 Å². The molecule has 1 aliphatic rings. The minimum Gasteiger partial charge on any atom is -0.440 e. The van der Waals surface area contributed by atoms with Gasteiger partial charge in [-0.25, -0.2) is 27.0 Å². The first-order valence-electron chi connectivity index (χ1n) is 8.94. The number of nitrogens with zero attached hydrogens (tertiary/aromatic N) is 1. The zero-order valence-corrected chi connectivity index (χ0v) is 17.7. The number of benzene rings is 1. The average molecular weight is 454 g/mol. The number of nitrogens with one attached hydrogen (secondary N) is 1. The lowest BCUT2D eigenvalue weighted by atomic mass is 10.1. The highest BCUT2D eigenvalue weighted by Gasteiger charge is 2.23. The van der Waals surface area contributed by atoms with Crippen LogP contribution in [0, 0.1) is 0 Å². The molecule has 3 N–H and O–H groups in total. The van der Waals surface area contributed by atoms with Crippen LogP contribution in [0.1, 0.15) is 37.5 Å². The van der Waals surface area contributed by atoms with Gasteiger partial charge in [0, 0.05) is 11.6 Å². The Bertz CT molecular complexity index is 1220. The van der Waals surface area contributed by atoms with Crippen molar-refractivity contribution in [3.63, 3.8) is 0 Å². The first-order valence-corrected chi connectivity index (χ1v) is 12.8. The molecule has 1 aliphatic carbocycles.